The van der Waals surface area contributed by atoms with Crippen molar-refractivity contribution in [2.75, 3.05) is 6.61 Å². The minimum atomic E-state index is -0.776. The molecule has 0 aliphatic heterocycles. The van der Waals surface area contributed by atoms with Crippen LogP contribution in [0, 0.1) is 18.3 Å². The highest BCUT2D eigenvalue weighted by molar-refractivity contribution is 9.10. The summed E-state index contributed by atoms with van der Waals surface area (Å²) in [4.78, 5) is 11.3. The highest BCUT2D eigenvalue weighted by Gasteiger charge is 2.14. The van der Waals surface area contributed by atoms with E-state index in [1.54, 1.807) is 18.2 Å². The summed E-state index contributed by atoms with van der Waals surface area (Å²) in [6.07, 6.45) is 1.42. The Labute approximate surface area is 161 Å². The second kappa shape index (κ2) is 9.07. The first-order valence-electron chi connectivity index (χ1n) is 8.01. The van der Waals surface area contributed by atoms with E-state index in [1.807, 2.05) is 38.1 Å². The number of nitrogens with zero attached hydrogens (tertiary/aromatic N) is 1. The molecule has 0 aliphatic rings. The maximum Gasteiger partial charge on any atom is 0.259 e. The van der Waals surface area contributed by atoms with Gasteiger partial charge in [0, 0.05) is 0 Å². The molecule has 134 valence electrons. The van der Waals surface area contributed by atoms with Gasteiger partial charge in [0.2, 0.25) is 0 Å². The molecule has 5 nitrogen and oxygen atoms in total. The number of ether oxygens (including phenoxy) is 2. The van der Waals surface area contributed by atoms with Crippen molar-refractivity contribution < 1.29 is 14.3 Å². The van der Waals surface area contributed by atoms with Gasteiger partial charge in [-0.3, -0.25) is 4.79 Å². The highest BCUT2D eigenvalue weighted by atomic mass is 79.9. The third kappa shape index (κ3) is 4.87. The van der Waals surface area contributed by atoms with Crippen LogP contribution in [0.2, 0.25) is 0 Å². The molecule has 0 spiro atoms. The second-order valence-electron chi connectivity index (χ2n) is 5.51. The molecule has 0 unspecified atom stereocenters. The first kappa shape index (κ1) is 19.5. The van der Waals surface area contributed by atoms with Crippen molar-refractivity contribution in [3.63, 3.8) is 0 Å². The van der Waals surface area contributed by atoms with Crippen LogP contribution in [0.15, 0.2) is 46.4 Å². The summed E-state index contributed by atoms with van der Waals surface area (Å²) >= 11 is 3.48. The molecule has 6 heteroatoms. The molecule has 2 rings (SSSR count). The first-order chi connectivity index (χ1) is 12.5. The fourth-order valence-electron chi connectivity index (χ4n) is 2.32. The fourth-order valence-corrected chi connectivity index (χ4v) is 2.90. The summed E-state index contributed by atoms with van der Waals surface area (Å²) in [5.74, 6) is 0.301. The van der Waals surface area contributed by atoms with Crippen molar-refractivity contribution in [1.29, 1.82) is 5.26 Å². The van der Waals surface area contributed by atoms with Crippen molar-refractivity contribution in [3.8, 4) is 17.6 Å². The summed E-state index contributed by atoms with van der Waals surface area (Å²) in [5.41, 5.74) is 7.88. The van der Waals surface area contributed by atoms with Crippen LogP contribution < -0.4 is 15.2 Å². The summed E-state index contributed by atoms with van der Waals surface area (Å²) in [6, 6.07) is 13.2. The lowest BCUT2D eigenvalue weighted by Crippen LogP contribution is -2.12. The molecular formula is C20H19BrN2O3. The van der Waals surface area contributed by atoms with Crippen LogP contribution in [-0.2, 0) is 11.4 Å². The summed E-state index contributed by atoms with van der Waals surface area (Å²) < 4.78 is 12.3. The maximum absolute atomic E-state index is 11.3. The van der Waals surface area contributed by atoms with Crippen molar-refractivity contribution in [2.45, 2.75) is 20.5 Å². The minimum Gasteiger partial charge on any atom is -0.490 e. The Kier molecular flexibility index (Phi) is 6.81. The number of halogens is 1. The first-order valence-corrected chi connectivity index (χ1v) is 8.80. The van der Waals surface area contributed by atoms with Crippen LogP contribution in [0.3, 0.4) is 0 Å². The van der Waals surface area contributed by atoms with E-state index in [2.05, 4.69) is 15.9 Å². The summed E-state index contributed by atoms with van der Waals surface area (Å²) in [5, 5.41) is 9.00. The standard InChI is InChI=1S/C20H19BrN2O3/c1-3-25-18-10-14(8-16(11-22)20(23)24)9-17(21)19(18)26-12-15-7-5-4-6-13(15)2/h4-10H,3,12H2,1-2H3,(H2,23,24)/b16-8+. The molecule has 0 atom stereocenters. The zero-order valence-corrected chi connectivity index (χ0v) is 16.2. The number of hydrogen-bond acceptors (Lipinski definition) is 4. The van der Waals surface area contributed by atoms with Crippen LogP contribution in [0.4, 0.5) is 0 Å². The SMILES string of the molecule is CCOc1cc(/C=C(\C#N)C(N)=O)cc(Br)c1OCc1ccccc1C. The van der Waals surface area contributed by atoms with E-state index in [-0.39, 0.29) is 5.57 Å². The summed E-state index contributed by atoms with van der Waals surface area (Å²) in [6.45, 7) is 4.73. The monoisotopic (exact) mass is 414 g/mol. The van der Waals surface area contributed by atoms with Gasteiger partial charge in [-0.05, 0) is 64.7 Å². The van der Waals surface area contributed by atoms with Crippen LogP contribution in [0.5, 0.6) is 11.5 Å². The molecule has 0 heterocycles. The van der Waals surface area contributed by atoms with Gasteiger partial charge in [-0.2, -0.15) is 5.26 Å². The number of rotatable bonds is 7. The van der Waals surface area contributed by atoms with E-state index >= 15 is 0 Å². The van der Waals surface area contributed by atoms with Crippen molar-refractivity contribution in [3.05, 3.63) is 63.1 Å². The molecular weight excluding hydrogens is 396 g/mol. The molecule has 0 aromatic heterocycles. The van der Waals surface area contributed by atoms with Crippen LogP contribution in [0.25, 0.3) is 6.08 Å². The van der Waals surface area contributed by atoms with Gasteiger partial charge in [0.05, 0.1) is 11.1 Å². The number of carbonyl (C=O) groups excluding carboxylic acids is 1. The molecule has 0 saturated heterocycles. The Bertz CT molecular complexity index is 885. The van der Waals surface area contributed by atoms with Gasteiger partial charge in [-0.25, -0.2) is 0 Å². The van der Waals surface area contributed by atoms with Gasteiger partial charge < -0.3 is 15.2 Å². The number of primary amides is 1. The Morgan fingerprint density at radius 3 is 2.65 bits per heavy atom. The second-order valence-corrected chi connectivity index (χ2v) is 6.37. The highest BCUT2D eigenvalue weighted by Crippen LogP contribution is 2.38. The third-order valence-electron chi connectivity index (χ3n) is 3.66. The smallest absolute Gasteiger partial charge is 0.259 e. The van der Waals surface area contributed by atoms with Gasteiger partial charge in [-0.15, -0.1) is 0 Å². The van der Waals surface area contributed by atoms with Gasteiger partial charge in [0.1, 0.15) is 18.2 Å². The maximum atomic E-state index is 11.3. The Morgan fingerprint density at radius 1 is 1.31 bits per heavy atom. The molecule has 1 amide bonds. The third-order valence-corrected chi connectivity index (χ3v) is 4.25. The lowest BCUT2D eigenvalue weighted by molar-refractivity contribution is -0.114. The van der Waals surface area contributed by atoms with Crippen molar-refractivity contribution in [1.82, 2.24) is 0 Å². The zero-order chi connectivity index (χ0) is 19.1. The van der Waals surface area contributed by atoms with E-state index in [0.29, 0.717) is 34.7 Å². The van der Waals surface area contributed by atoms with Crippen LogP contribution in [0.1, 0.15) is 23.6 Å². The average molecular weight is 415 g/mol. The van der Waals surface area contributed by atoms with E-state index in [0.717, 1.165) is 11.1 Å². The van der Waals surface area contributed by atoms with E-state index < -0.39 is 5.91 Å². The molecule has 26 heavy (non-hydrogen) atoms. The topological polar surface area (TPSA) is 85.3 Å². The normalized spacial score (nSPS) is 10.9. The molecule has 0 aliphatic carbocycles. The Hall–Kier alpha value is -2.78. The Morgan fingerprint density at radius 2 is 2.04 bits per heavy atom. The van der Waals surface area contributed by atoms with Gasteiger partial charge in [0.15, 0.2) is 11.5 Å². The number of nitriles is 1. The van der Waals surface area contributed by atoms with Crippen LogP contribution in [-0.4, -0.2) is 12.5 Å². The largest absolute Gasteiger partial charge is 0.490 e. The van der Waals surface area contributed by atoms with Gasteiger partial charge >= 0.3 is 0 Å². The molecule has 0 saturated carbocycles. The fraction of sp³-hybridized carbons (Fsp3) is 0.200. The predicted molar refractivity (Wildman–Crippen MR) is 104 cm³/mol. The number of amides is 1. The van der Waals surface area contributed by atoms with Gasteiger partial charge in [-0.1, -0.05) is 24.3 Å². The van der Waals surface area contributed by atoms with E-state index in [1.165, 1.54) is 6.08 Å². The summed E-state index contributed by atoms with van der Waals surface area (Å²) in [7, 11) is 0. The number of carbonyl (C=O) groups is 1. The average Bonchev–Trinajstić information content (AvgIpc) is 2.60. The lowest BCUT2D eigenvalue weighted by Gasteiger charge is -2.15. The quantitative estimate of drug-likeness (QED) is 0.545. The van der Waals surface area contributed by atoms with E-state index in [9.17, 15) is 4.79 Å². The molecule has 2 aromatic rings. The molecule has 0 radical (unpaired) electrons. The lowest BCUT2D eigenvalue weighted by atomic mass is 10.1. The van der Waals surface area contributed by atoms with Crippen molar-refractivity contribution >= 4 is 27.9 Å². The molecule has 0 bridgehead atoms. The zero-order valence-electron chi connectivity index (χ0n) is 14.6. The molecule has 2 N–H and O–H groups in total. The molecule has 0 fully saturated rings. The van der Waals surface area contributed by atoms with Crippen LogP contribution >= 0.6 is 15.9 Å². The number of aryl methyl sites for hydroxylation is 1. The van der Waals surface area contributed by atoms with Crippen molar-refractivity contribution in [2.24, 2.45) is 5.73 Å². The predicted octanol–water partition coefficient (Wildman–Crippen LogP) is 4.13. The van der Waals surface area contributed by atoms with E-state index in [4.69, 9.17) is 20.5 Å². The Balaban J connectivity index is 2.36. The number of hydrogen-bond donors (Lipinski definition) is 1. The minimum absolute atomic E-state index is 0.132. The molecule has 2 aromatic carbocycles. The number of benzene rings is 2. The van der Waals surface area contributed by atoms with Gasteiger partial charge in [0.25, 0.3) is 5.91 Å². The number of nitrogens with two attached hydrogens (primary N) is 1.